The van der Waals surface area contributed by atoms with Crippen molar-refractivity contribution in [1.29, 1.82) is 0 Å². The molecule has 0 fully saturated rings. The number of methoxy groups -OCH3 is 1. The van der Waals surface area contributed by atoms with Crippen molar-refractivity contribution in [1.82, 2.24) is 4.90 Å². The highest BCUT2D eigenvalue weighted by Gasteiger charge is 2.44. The van der Waals surface area contributed by atoms with E-state index >= 15 is 0 Å². The average Bonchev–Trinajstić information content (AvgIpc) is 3.23. The number of carboxylic acid groups (broad SMARTS) is 1. The molecule has 3 amide bonds. The predicted molar refractivity (Wildman–Crippen MR) is 150 cm³/mol. The summed E-state index contributed by atoms with van der Waals surface area (Å²) in [5.41, 5.74) is 6.47. The number of aryl methyl sites for hydroxylation is 1. The number of benzene rings is 2. The van der Waals surface area contributed by atoms with E-state index in [-0.39, 0.29) is 31.2 Å². The number of aliphatic carboxylic acids is 1. The number of carbonyl (C=O) groups is 4. The van der Waals surface area contributed by atoms with Crippen molar-refractivity contribution in [2.24, 2.45) is 10.7 Å². The number of hydrogen-bond donors (Lipinski definition) is 4. The van der Waals surface area contributed by atoms with Gasteiger partial charge in [-0.3, -0.25) is 9.59 Å². The fourth-order valence-electron chi connectivity index (χ4n) is 4.15. The molecule has 0 bridgehead atoms. The van der Waals surface area contributed by atoms with E-state index in [1.54, 1.807) is 38.2 Å². The molecule has 0 aliphatic carbocycles. The van der Waals surface area contributed by atoms with Crippen LogP contribution in [0, 0.1) is 6.92 Å². The summed E-state index contributed by atoms with van der Waals surface area (Å²) >= 11 is 0. The lowest BCUT2D eigenvalue weighted by atomic mass is 9.87. The molecule has 3 atom stereocenters. The summed E-state index contributed by atoms with van der Waals surface area (Å²) in [7, 11) is 3.06. The van der Waals surface area contributed by atoms with Crippen molar-refractivity contribution >= 4 is 41.0 Å². The van der Waals surface area contributed by atoms with Crippen LogP contribution in [0.2, 0.25) is 0 Å². The average molecular weight is 554 g/mol. The molecule has 0 saturated carbocycles. The minimum atomic E-state index is -2.07. The zero-order valence-corrected chi connectivity index (χ0v) is 23.2. The molecule has 12 nitrogen and oxygen atoms in total. The first kappa shape index (κ1) is 30.1. The maximum Gasteiger partial charge on any atom is 0.331 e. The molecule has 3 rings (SSSR count). The molecule has 3 unspecified atom stereocenters. The number of aliphatic imine (C=N–C) groups is 1. The molecule has 5 N–H and O–H groups in total. The van der Waals surface area contributed by atoms with Crippen molar-refractivity contribution in [2.75, 3.05) is 31.3 Å². The van der Waals surface area contributed by atoms with E-state index in [9.17, 15) is 24.3 Å². The van der Waals surface area contributed by atoms with Crippen LogP contribution in [-0.4, -0.2) is 78.0 Å². The van der Waals surface area contributed by atoms with E-state index in [0.29, 0.717) is 22.7 Å². The van der Waals surface area contributed by atoms with E-state index in [0.717, 1.165) is 12.5 Å². The van der Waals surface area contributed by atoms with Gasteiger partial charge in [0.25, 0.3) is 0 Å². The number of carbonyl (C=O) groups excluding carboxylic acids is 3. The zero-order chi connectivity index (χ0) is 29.6. The maximum absolute atomic E-state index is 12.9. The second-order valence-electron chi connectivity index (χ2n) is 9.81. The van der Waals surface area contributed by atoms with Gasteiger partial charge in [-0.1, -0.05) is 24.3 Å². The number of carboxylic acids is 1. The Balaban J connectivity index is 1.61. The van der Waals surface area contributed by atoms with Gasteiger partial charge in [0.2, 0.25) is 11.8 Å². The Morgan fingerprint density at radius 3 is 2.45 bits per heavy atom. The maximum atomic E-state index is 12.9. The summed E-state index contributed by atoms with van der Waals surface area (Å²) < 4.78 is 11.1. The van der Waals surface area contributed by atoms with Crippen LogP contribution in [0.5, 0.6) is 5.75 Å². The van der Waals surface area contributed by atoms with Gasteiger partial charge in [0, 0.05) is 19.2 Å². The van der Waals surface area contributed by atoms with Crippen LogP contribution in [0.25, 0.3) is 0 Å². The van der Waals surface area contributed by atoms with Gasteiger partial charge >= 0.3 is 12.0 Å². The minimum absolute atomic E-state index is 0.0457. The molecule has 1 aliphatic heterocycles. The largest absolute Gasteiger partial charge is 0.495 e. The van der Waals surface area contributed by atoms with E-state index in [4.69, 9.17) is 15.2 Å². The van der Waals surface area contributed by atoms with Gasteiger partial charge in [0.05, 0.1) is 31.8 Å². The summed E-state index contributed by atoms with van der Waals surface area (Å²) in [6.07, 6.45) is -0.680. The Bertz CT molecular complexity index is 1310. The van der Waals surface area contributed by atoms with Crippen LogP contribution >= 0.6 is 0 Å². The molecular weight excluding hydrogens is 518 g/mol. The molecular formula is C28H35N5O7. The van der Waals surface area contributed by atoms with Gasteiger partial charge in [-0.05, 0) is 50.1 Å². The van der Waals surface area contributed by atoms with Crippen molar-refractivity contribution < 1.29 is 33.8 Å². The van der Waals surface area contributed by atoms with Gasteiger partial charge in [0.1, 0.15) is 11.9 Å². The number of nitrogens with zero attached hydrogens (tertiary/aromatic N) is 2. The normalized spacial score (nSPS) is 17.6. The molecule has 40 heavy (non-hydrogen) atoms. The molecule has 214 valence electrons. The Hall–Kier alpha value is -4.45. The molecule has 0 radical (unpaired) electrons. The van der Waals surface area contributed by atoms with E-state index in [1.807, 2.05) is 25.1 Å². The standard InChI is InChI=1S/C28H35N5O7/c1-16-8-6-7-9-20(16)31-27(38)32-21-11-10-19(12-23(21)39-5)13-25(35)33(4)15-24-30-22(17(2)40-24)14-28(29,18(3)34)26(36)37/h6-12,17,22H,13-15,29H2,1-5H3,(H,36,37)(H2,31,32,38). The minimum Gasteiger partial charge on any atom is -0.495 e. The van der Waals surface area contributed by atoms with Crippen LogP contribution < -0.4 is 21.1 Å². The predicted octanol–water partition coefficient (Wildman–Crippen LogP) is 2.60. The summed E-state index contributed by atoms with van der Waals surface area (Å²) in [6.45, 7) is 4.78. The number of ether oxygens (including phenoxy) is 2. The van der Waals surface area contributed by atoms with E-state index in [2.05, 4.69) is 15.6 Å². The van der Waals surface area contributed by atoms with Gasteiger partial charge in [-0.2, -0.15) is 0 Å². The number of nitrogens with two attached hydrogens (primary N) is 1. The molecule has 0 spiro atoms. The smallest absolute Gasteiger partial charge is 0.331 e. The van der Waals surface area contributed by atoms with Crippen molar-refractivity contribution in [3.63, 3.8) is 0 Å². The van der Waals surface area contributed by atoms with E-state index in [1.165, 1.54) is 12.0 Å². The third-order valence-corrected chi connectivity index (χ3v) is 6.78. The lowest BCUT2D eigenvalue weighted by Crippen LogP contribution is -2.56. The van der Waals surface area contributed by atoms with Crippen LogP contribution in [0.1, 0.15) is 31.4 Å². The van der Waals surface area contributed by atoms with Crippen molar-refractivity contribution in [3.05, 3.63) is 53.6 Å². The molecule has 2 aromatic rings. The van der Waals surface area contributed by atoms with Gasteiger partial charge < -0.3 is 35.8 Å². The Morgan fingerprint density at radius 2 is 1.82 bits per heavy atom. The highest BCUT2D eigenvalue weighted by Crippen LogP contribution is 2.27. The highest BCUT2D eigenvalue weighted by molar-refractivity contribution is 6.06. The number of para-hydroxylation sites is 1. The van der Waals surface area contributed by atoms with Crippen molar-refractivity contribution in [2.45, 2.75) is 51.3 Å². The topological polar surface area (TPSA) is 173 Å². The number of anilines is 2. The molecule has 1 heterocycles. The monoisotopic (exact) mass is 553 g/mol. The van der Waals surface area contributed by atoms with Crippen LogP contribution in [-0.2, 0) is 25.5 Å². The summed E-state index contributed by atoms with van der Waals surface area (Å²) in [5.74, 6) is -1.69. The van der Waals surface area contributed by atoms with Gasteiger partial charge in [0.15, 0.2) is 11.3 Å². The second-order valence-corrected chi connectivity index (χ2v) is 9.81. The Morgan fingerprint density at radius 1 is 1.15 bits per heavy atom. The SMILES string of the molecule is COc1cc(CC(=O)N(C)CC2=NC(CC(N)(C(C)=O)C(=O)O)C(C)O2)ccc1NC(=O)Nc1ccccc1C. The number of amides is 3. The summed E-state index contributed by atoms with van der Waals surface area (Å²) in [6, 6.07) is 11.4. The number of ketones is 1. The first-order valence-corrected chi connectivity index (χ1v) is 12.6. The molecule has 0 aromatic heterocycles. The first-order chi connectivity index (χ1) is 18.8. The summed E-state index contributed by atoms with van der Waals surface area (Å²) in [4.78, 5) is 54.6. The molecule has 1 aliphatic rings. The highest BCUT2D eigenvalue weighted by atomic mass is 16.5. The number of nitrogens with one attached hydrogen (secondary N) is 2. The molecule has 12 heteroatoms. The third-order valence-electron chi connectivity index (χ3n) is 6.78. The third kappa shape index (κ3) is 7.14. The number of hydrogen-bond acceptors (Lipinski definition) is 8. The second kappa shape index (κ2) is 12.6. The van der Waals surface area contributed by atoms with Crippen LogP contribution in [0.15, 0.2) is 47.5 Å². The van der Waals surface area contributed by atoms with E-state index < -0.39 is 35.5 Å². The molecule has 2 aromatic carbocycles. The number of Topliss-reactive ketones (excluding diaryl/α,β-unsaturated/α-hetero) is 1. The number of rotatable bonds is 11. The van der Waals surface area contributed by atoms with Crippen LogP contribution in [0.4, 0.5) is 16.2 Å². The quantitative estimate of drug-likeness (QED) is 0.307. The first-order valence-electron chi connectivity index (χ1n) is 12.6. The lowest BCUT2D eigenvalue weighted by molar-refractivity contribution is -0.148. The van der Waals surface area contributed by atoms with Crippen LogP contribution in [0.3, 0.4) is 0 Å². The summed E-state index contributed by atoms with van der Waals surface area (Å²) in [5, 5.41) is 15.0. The molecule has 0 saturated heterocycles. The zero-order valence-electron chi connectivity index (χ0n) is 23.2. The fourth-order valence-corrected chi connectivity index (χ4v) is 4.15. The van der Waals surface area contributed by atoms with Gasteiger partial charge in [-0.15, -0.1) is 0 Å². The fraction of sp³-hybridized carbons (Fsp3) is 0.393. The Labute approximate surface area is 232 Å². The van der Waals surface area contributed by atoms with Gasteiger partial charge in [-0.25, -0.2) is 14.6 Å². The Kier molecular flexibility index (Phi) is 9.48. The van der Waals surface area contributed by atoms with Crippen molar-refractivity contribution in [3.8, 4) is 5.75 Å². The number of likely N-dealkylation sites (N-methyl/N-ethyl adjacent to an activating group) is 1. The lowest BCUT2D eigenvalue weighted by Gasteiger charge is -2.24. The number of urea groups is 1.